The van der Waals surface area contributed by atoms with Gasteiger partial charge >= 0.3 is 0 Å². The fraction of sp³-hybridized carbons (Fsp3) is 0. The Morgan fingerprint density at radius 1 is 0.647 bits per heavy atom. The van der Waals surface area contributed by atoms with Crippen LogP contribution in [0, 0.1) is 0 Å². The molecule has 0 aliphatic rings. The lowest BCUT2D eigenvalue weighted by Crippen LogP contribution is -1.96. The van der Waals surface area contributed by atoms with E-state index in [0.717, 1.165) is 44.6 Å². The number of anilines is 1. The van der Waals surface area contributed by atoms with Gasteiger partial charge < -0.3 is 5.73 Å². The molecule has 6 rings (SSSR count). The predicted molar refractivity (Wildman–Crippen MR) is 139 cm³/mol. The Kier molecular flexibility index (Phi) is 4.85. The van der Waals surface area contributed by atoms with E-state index in [2.05, 4.69) is 33.0 Å². The van der Waals surface area contributed by atoms with Crippen molar-refractivity contribution in [2.24, 2.45) is 10.2 Å². The van der Waals surface area contributed by atoms with Crippen LogP contribution in [0.4, 0.5) is 17.1 Å². The van der Waals surface area contributed by atoms with Gasteiger partial charge in [0.05, 0.1) is 22.4 Å². The minimum absolute atomic E-state index is 0.634. The molecule has 1 aromatic heterocycles. The minimum Gasteiger partial charge on any atom is -0.396 e. The molecule has 0 atom stereocenters. The lowest BCUT2D eigenvalue weighted by atomic mass is 10.1. The van der Waals surface area contributed by atoms with E-state index >= 15 is 0 Å². The fourth-order valence-corrected chi connectivity index (χ4v) is 4.22. The zero-order valence-corrected chi connectivity index (χ0v) is 18.3. The van der Waals surface area contributed by atoms with Crippen molar-refractivity contribution in [1.82, 2.24) is 9.55 Å². The van der Waals surface area contributed by atoms with Gasteiger partial charge in [0.1, 0.15) is 11.5 Å². The molecule has 0 bridgehead atoms. The van der Waals surface area contributed by atoms with Crippen LogP contribution in [0.25, 0.3) is 38.9 Å². The van der Waals surface area contributed by atoms with E-state index in [1.807, 2.05) is 97.1 Å². The minimum atomic E-state index is 0.634. The van der Waals surface area contributed by atoms with E-state index in [-0.39, 0.29) is 0 Å². The molecule has 5 heteroatoms. The van der Waals surface area contributed by atoms with Gasteiger partial charge in [0.15, 0.2) is 0 Å². The van der Waals surface area contributed by atoms with Crippen molar-refractivity contribution in [3.8, 4) is 17.1 Å². The number of fused-ring (bicyclic) bond motifs is 2. The molecule has 0 aliphatic carbocycles. The highest BCUT2D eigenvalue weighted by Crippen LogP contribution is 2.33. The molecule has 0 amide bonds. The van der Waals surface area contributed by atoms with Crippen molar-refractivity contribution in [3.05, 3.63) is 115 Å². The number of aromatic nitrogens is 2. The summed E-state index contributed by atoms with van der Waals surface area (Å²) in [7, 11) is 0. The van der Waals surface area contributed by atoms with Crippen molar-refractivity contribution >= 4 is 38.9 Å². The van der Waals surface area contributed by atoms with Crippen LogP contribution in [0.15, 0.2) is 125 Å². The van der Waals surface area contributed by atoms with Gasteiger partial charge in [0, 0.05) is 16.6 Å². The number of imidazole rings is 1. The topological polar surface area (TPSA) is 68.6 Å². The highest BCUT2D eigenvalue weighted by atomic mass is 15.1. The Labute approximate surface area is 196 Å². The molecule has 0 spiro atoms. The molecule has 2 N–H and O–H groups in total. The van der Waals surface area contributed by atoms with Gasteiger partial charge in [-0.1, -0.05) is 60.7 Å². The number of azo groups is 1. The van der Waals surface area contributed by atoms with E-state index in [1.54, 1.807) is 0 Å². The van der Waals surface area contributed by atoms with E-state index in [1.165, 1.54) is 0 Å². The number of hydrogen-bond acceptors (Lipinski definition) is 4. The van der Waals surface area contributed by atoms with Gasteiger partial charge in [-0.05, 0) is 60.0 Å². The molecule has 5 nitrogen and oxygen atoms in total. The molecule has 162 valence electrons. The summed E-state index contributed by atoms with van der Waals surface area (Å²) in [5, 5.41) is 10.9. The third-order valence-electron chi connectivity index (χ3n) is 5.92. The van der Waals surface area contributed by atoms with Gasteiger partial charge in [-0.15, -0.1) is 5.11 Å². The SMILES string of the molecule is Nc1c(N=Nc2ccc(-c3nc4ccccc4n3-c3ccccc3)cc2)ccc2ccccc12. The number of benzene rings is 5. The molecule has 0 aliphatic heterocycles. The molecule has 1 heterocycles. The third kappa shape index (κ3) is 3.49. The average molecular weight is 440 g/mol. The third-order valence-corrected chi connectivity index (χ3v) is 5.92. The van der Waals surface area contributed by atoms with Crippen molar-refractivity contribution in [3.63, 3.8) is 0 Å². The highest BCUT2D eigenvalue weighted by Gasteiger charge is 2.14. The summed E-state index contributed by atoms with van der Waals surface area (Å²) < 4.78 is 2.18. The largest absolute Gasteiger partial charge is 0.396 e. The Morgan fingerprint density at radius 2 is 1.38 bits per heavy atom. The van der Waals surface area contributed by atoms with Gasteiger partial charge in [0.25, 0.3) is 0 Å². The molecule has 0 radical (unpaired) electrons. The maximum Gasteiger partial charge on any atom is 0.145 e. The summed E-state index contributed by atoms with van der Waals surface area (Å²) in [6, 6.07) is 38.3. The summed E-state index contributed by atoms with van der Waals surface area (Å²) in [5.41, 5.74) is 12.5. The normalized spacial score (nSPS) is 11.5. The summed E-state index contributed by atoms with van der Waals surface area (Å²) in [5.74, 6) is 0.884. The Balaban J connectivity index is 1.36. The monoisotopic (exact) mass is 439 g/mol. The van der Waals surface area contributed by atoms with Gasteiger partial charge in [-0.3, -0.25) is 4.57 Å². The number of nitrogen functional groups attached to an aromatic ring is 1. The number of hydrogen-bond donors (Lipinski definition) is 1. The van der Waals surface area contributed by atoms with Crippen molar-refractivity contribution in [2.45, 2.75) is 0 Å². The van der Waals surface area contributed by atoms with Gasteiger partial charge in [-0.2, -0.15) is 5.11 Å². The first kappa shape index (κ1) is 19.9. The zero-order chi connectivity index (χ0) is 22.9. The number of nitrogens with zero attached hydrogens (tertiary/aromatic N) is 4. The van der Waals surface area contributed by atoms with Crippen LogP contribution < -0.4 is 5.73 Å². The van der Waals surface area contributed by atoms with Gasteiger partial charge in [-0.25, -0.2) is 4.98 Å². The summed E-state index contributed by atoms with van der Waals surface area (Å²) in [6.45, 7) is 0. The van der Waals surface area contributed by atoms with Crippen LogP contribution in [-0.2, 0) is 0 Å². The first-order chi connectivity index (χ1) is 16.8. The smallest absolute Gasteiger partial charge is 0.145 e. The van der Waals surface area contributed by atoms with Crippen LogP contribution >= 0.6 is 0 Å². The summed E-state index contributed by atoms with van der Waals surface area (Å²) >= 11 is 0. The maximum absolute atomic E-state index is 6.33. The molecular weight excluding hydrogens is 418 g/mol. The first-order valence-electron chi connectivity index (χ1n) is 11.1. The lowest BCUT2D eigenvalue weighted by molar-refractivity contribution is 1.10. The highest BCUT2D eigenvalue weighted by molar-refractivity contribution is 5.98. The molecule has 5 aromatic carbocycles. The Hall–Kier alpha value is -4.77. The predicted octanol–water partition coefficient (Wildman–Crippen LogP) is 7.84. The summed E-state index contributed by atoms with van der Waals surface area (Å²) in [4.78, 5) is 4.92. The number of para-hydroxylation sites is 3. The molecule has 34 heavy (non-hydrogen) atoms. The second-order valence-electron chi connectivity index (χ2n) is 8.06. The zero-order valence-electron chi connectivity index (χ0n) is 18.3. The molecular formula is C29H21N5. The Bertz CT molecular complexity index is 1650. The quantitative estimate of drug-likeness (QED) is 0.224. The average Bonchev–Trinajstić information content (AvgIpc) is 3.29. The molecule has 6 aromatic rings. The maximum atomic E-state index is 6.33. The van der Waals surface area contributed by atoms with Crippen LogP contribution in [0.2, 0.25) is 0 Å². The van der Waals surface area contributed by atoms with Gasteiger partial charge in [0.2, 0.25) is 0 Å². The number of rotatable bonds is 4. The van der Waals surface area contributed by atoms with Crippen LogP contribution in [-0.4, -0.2) is 9.55 Å². The van der Waals surface area contributed by atoms with E-state index in [9.17, 15) is 0 Å². The van der Waals surface area contributed by atoms with E-state index < -0.39 is 0 Å². The first-order valence-corrected chi connectivity index (χ1v) is 11.1. The van der Waals surface area contributed by atoms with E-state index in [4.69, 9.17) is 10.7 Å². The van der Waals surface area contributed by atoms with E-state index in [0.29, 0.717) is 11.4 Å². The van der Waals surface area contributed by atoms with Crippen molar-refractivity contribution < 1.29 is 0 Å². The summed E-state index contributed by atoms with van der Waals surface area (Å²) in [6.07, 6.45) is 0. The molecule has 0 saturated heterocycles. The lowest BCUT2D eigenvalue weighted by Gasteiger charge is -2.09. The molecule has 0 saturated carbocycles. The standard InChI is InChI=1S/C29H21N5/c30-28-24-11-5-4-8-20(24)16-19-26(28)33-32-22-17-14-21(15-18-22)29-31-25-12-6-7-13-27(25)34(29)23-9-2-1-3-10-23/h1-19H,30H2. The van der Waals surface area contributed by atoms with Crippen LogP contribution in [0.5, 0.6) is 0 Å². The number of nitrogens with two attached hydrogens (primary N) is 1. The van der Waals surface area contributed by atoms with Crippen molar-refractivity contribution in [2.75, 3.05) is 5.73 Å². The second kappa shape index (κ2) is 8.30. The second-order valence-corrected chi connectivity index (χ2v) is 8.06. The fourth-order valence-electron chi connectivity index (χ4n) is 4.22. The van der Waals surface area contributed by atoms with Crippen LogP contribution in [0.1, 0.15) is 0 Å². The van der Waals surface area contributed by atoms with Crippen LogP contribution in [0.3, 0.4) is 0 Å². The molecule has 0 unspecified atom stereocenters. The van der Waals surface area contributed by atoms with Crippen molar-refractivity contribution in [1.29, 1.82) is 0 Å². The Morgan fingerprint density at radius 3 is 2.24 bits per heavy atom. The molecule has 0 fully saturated rings.